The van der Waals surface area contributed by atoms with Crippen LogP contribution >= 0.6 is 23.8 Å². The number of hydrogen-bond acceptors (Lipinski definition) is 3. The van der Waals surface area contributed by atoms with Crippen LogP contribution in [-0.4, -0.2) is 41.5 Å². The number of likely N-dealkylation sites (tertiary alicyclic amines) is 1. The summed E-state index contributed by atoms with van der Waals surface area (Å²) in [7, 11) is 0. The van der Waals surface area contributed by atoms with Gasteiger partial charge in [0.25, 0.3) is 5.91 Å². The van der Waals surface area contributed by atoms with E-state index in [2.05, 4.69) is 10.2 Å². The first kappa shape index (κ1) is 15.2. The predicted molar refractivity (Wildman–Crippen MR) is 85.2 cm³/mol. The lowest BCUT2D eigenvalue weighted by molar-refractivity contribution is 0.0915. The van der Waals surface area contributed by atoms with E-state index in [4.69, 9.17) is 29.6 Å². The molecule has 0 saturated carbocycles. The molecule has 0 radical (unpaired) electrons. The standard InChI is InChI=1S/C14H18ClN3OS/c15-11-3-1-2-10(8-11)14(19)17-12-4-6-18(7-5-12)9-13(16)20/h1-3,8,12H,4-7,9H2,(H2,16,20)(H,17,19). The number of carbonyl (C=O) groups excluding carboxylic acids is 1. The number of amides is 1. The van der Waals surface area contributed by atoms with Crippen LogP contribution in [0, 0.1) is 0 Å². The Morgan fingerprint density at radius 1 is 1.45 bits per heavy atom. The van der Waals surface area contributed by atoms with Gasteiger partial charge >= 0.3 is 0 Å². The molecule has 1 heterocycles. The average Bonchev–Trinajstić information content (AvgIpc) is 2.40. The molecule has 1 saturated heterocycles. The van der Waals surface area contributed by atoms with Crippen molar-refractivity contribution in [3.63, 3.8) is 0 Å². The van der Waals surface area contributed by atoms with Crippen LogP contribution in [0.15, 0.2) is 24.3 Å². The van der Waals surface area contributed by atoms with Gasteiger partial charge in [0.2, 0.25) is 0 Å². The molecule has 2 rings (SSSR count). The molecular formula is C14H18ClN3OS. The van der Waals surface area contributed by atoms with Gasteiger partial charge in [-0.15, -0.1) is 0 Å². The molecule has 20 heavy (non-hydrogen) atoms. The van der Waals surface area contributed by atoms with E-state index in [0.717, 1.165) is 25.9 Å². The van der Waals surface area contributed by atoms with Crippen LogP contribution in [0.3, 0.4) is 0 Å². The van der Waals surface area contributed by atoms with Gasteiger partial charge in [-0.25, -0.2) is 0 Å². The molecule has 6 heteroatoms. The van der Waals surface area contributed by atoms with Crippen molar-refractivity contribution in [2.75, 3.05) is 19.6 Å². The predicted octanol–water partition coefficient (Wildman–Crippen LogP) is 1.82. The molecule has 108 valence electrons. The Morgan fingerprint density at radius 3 is 2.75 bits per heavy atom. The van der Waals surface area contributed by atoms with Gasteiger partial charge < -0.3 is 11.1 Å². The zero-order valence-corrected chi connectivity index (χ0v) is 12.7. The van der Waals surface area contributed by atoms with E-state index in [-0.39, 0.29) is 11.9 Å². The summed E-state index contributed by atoms with van der Waals surface area (Å²) >= 11 is 10.8. The minimum Gasteiger partial charge on any atom is -0.392 e. The largest absolute Gasteiger partial charge is 0.392 e. The maximum Gasteiger partial charge on any atom is 0.251 e. The van der Waals surface area contributed by atoms with Crippen LogP contribution < -0.4 is 11.1 Å². The van der Waals surface area contributed by atoms with Gasteiger partial charge in [-0.2, -0.15) is 0 Å². The monoisotopic (exact) mass is 311 g/mol. The molecular weight excluding hydrogens is 294 g/mol. The molecule has 1 amide bonds. The first-order valence-electron chi connectivity index (χ1n) is 6.61. The Bertz CT molecular complexity index is 501. The summed E-state index contributed by atoms with van der Waals surface area (Å²) in [6, 6.07) is 7.18. The number of carbonyl (C=O) groups is 1. The van der Waals surface area contributed by atoms with Crippen molar-refractivity contribution in [2.45, 2.75) is 18.9 Å². The number of nitrogens with one attached hydrogen (secondary N) is 1. The van der Waals surface area contributed by atoms with Crippen LogP contribution in [0.2, 0.25) is 5.02 Å². The van der Waals surface area contributed by atoms with Gasteiger partial charge in [-0.1, -0.05) is 29.9 Å². The molecule has 1 aliphatic rings. The highest BCUT2D eigenvalue weighted by Gasteiger charge is 2.21. The van der Waals surface area contributed by atoms with Crippen molar-refractivity contribution in [2.24, 2.45) is 5.73 Å². The Balaban J connectivity index is 1.83. The normalized spacial score (nSPS) is 16.9. The molecule has 3 N–H and O–H groups in total. The highest BCUT2D eigenvalue weighted by Crippen LogP contribution is 2.13. The van der Waals surface area contributed by atoms with E-state index in [1.165, 1.54) is 0 Å². The number of benzene rings is 1. The minimum atomic E-state index is -0.0692. The Labute approximate surface area is 129 Å². The Kier molecular flexibility index (Phi) is 5.34. The van der Waals surface area contributed by atoms with Crippen LogP contribution in [0.25, 0.3) is 0 Å². The molecule has 1 aromatic carbocycles. The van der Waals surface area contributed by atoms with Crippen LogP contribution in [0.1, 0.15) is 23.2 Å². The van der Waals surface area contributed by atoms with E-state index in [9.17, 15) is 4.79 Å². The third kappa shape index (κ3) is 4.44. The number of halogens is 1. The van der Waals surface area contributed by atoms with Crippen LogP contribution in [0.5, 0.6) is 0 Å². The average molecular weight is 312 g/mol. The lowest BCUT2D eigenvalue weighted by Crippen LogP contribution is -2.46. The van der Waals surface area contributed by atoms with Crippen LogP contribution in [0.4, 0.5) is 0 Å². The summed E-state index contributed by atoms with van der Waals surface area (Å²) in [5, 5.41) is 3.62. The van der Waals surface area contributed by atoms with Gasteiger partial charge in [0.1, 0.15) is 0 Å². The Morgan fingerprint density at radius 2 is 2.15 bits per heavy atom. The smallest absolute Gasteiger partial charge is 0.251 e. The van der Waals surface area contributed by atoms with Crippen molar-refractivity contribution in [3.8, 4) is 0 Å². The summed E-state index contributed by atoms with van der Waals surface area (Å²) < 4.78 is 0. The van der Waals surface area contributed by atoms with E-state index >= 15 is 0 Å². The molecule has 4 nitrogen and oxygen atoms in total. The highest BCUT2D eigenvalue weighted by atomic mass is 35.5. The minimum absolute atomic E-state index is 0.0692. The van der Waals surface area contributed by atoms with Gasteiger partial charge in [0.05, 0.1) is 4.99 Å². The zero-order valence-electron chi connectivity index (χ0n) is 11.1. The molecule has 0 atom stereocenters. The summed E-state index contributed by atoms with van der Waals surface area (Å²) in [4.78, 5) is 14.8. The fourth-order valence-corrected chi connectivity index (χ4v) is 2.73. The number of piperidine rings is 1. The molecule has 1 aromatic rings. The van der Waals surface area contributed by atoms with Crippen molar-refractivity contribution in [3.05, 3.63) is 34.9 Å². The molecule has 1 fully saturated rings. The fraction of sp³-hybridized carbons (Fsp3) is 0.429. The van der Waals surface area contributed by atoms with E-state index in [0.29, 0.717) is 22.1 Å². The molecule has 0 bridgehead atoms. The fourth-order valence-electron chi connectivity index (χ4n) is 2.35. The number of rotatable bonds is 4. The second kappa shape index (κ2) is 7.02. The maximum atomic E-state index is 12.1. The quantitative estimate of drug-likeness (QED) is 0.833. The third-order valence-corrected chi connectivity index (χ3v) is 3.75. The van der Waals surface area contributed by atoms with Crippen molar-refractivity contribution in [1.82, 2.24) is 10.2 Å². The summed E-state index contributed by atoms with van der Waals surface area (Å²) in [5.41, 5.74) is 6.14. The SMILES string of the molecule is NC(=S)CN1CCC(NC(=O)c2cccc(Cl)c2)CC1. The van der Waals surface area contributed by atoms with Crippen molar-refractivity contribution in [1.29, 1.82) is 0 Å². The molecule has 0 spiro atoms. The topological polar surface area (TPSA) is 58.4 Å². The first-order valence-corrected chi connectivity index (χ1v) is 7.40. The van der Waals surface area contributed by atoms with E-state index < -0.39 is 0 Å². The molecule has 1 aliphatic heterocycles. The van der Waals surface area contributed by atoms with Crippen molar-refractivity contribution >= 4 is 34.7 Å². The lowest BCUT2D eigenvalue weighted by atomic mass is 10.0. The molecule has 0 unspecified atom stereocenters. The number of nitrogens with two attached hydrogens (primary N) is 1. The van der Waals surface area contributed by atoms with Gasteiger partial charge in [0.15, 0.2) is 0 Å². The maximum absolute atomic E-state index is 12.1. The second-order valence-corrected chi connectivity index (χ2v) is 5.96. The Hall–Kier alpha value is -1.17. The summed E-state index contributed by atoms with van der Waals surface area (Å²) in [5.74, 6) is -0.0692. The zero-order chi connectivity index (χ0) is 14.5. The van der Waals surface area contributed by atoms with Crippen LogP contribution in [-0.2, 0) is 0 Å². The first-order chi connectivity index (χ1) is 9.54. The van der Waals surface area contributed by atoms with Gasteiger partial charge in [0, 0.05) is 36.3 Å². The van der Waals surface area contributed by atoms with Gasteiger partial charge in [-0.3, -0.25) is 9.69 Å². The number of hydrogen-bond donors (Lipinski definition) is 2. The summed E-state index contributed by atoms with van der Waals surface area (Å²) in [6.45, 7) is 2.46. The number of thiocarbonyl (C=S) groups is 1. The molecule has 0 aliphatic carbocycles. The summed E-state index contributed by atoms with van der Waals surface area (Å²) in [6.07, 6.45) is 1.82. The number of nitrogens with zero attached hydrogens (tertiary/aromatic N) is 1. The third-order valence-electron chi connectivity index (χ3n) is 3.39. The van der Waals surface area contributed by atoms with Gasteiger partial charge in [-0.05, 0) is 31.0 Å². The highest BCUT2D eigenvalue weighted by molar-refractivity contribution is 7.80. The molecule has 0 aromatic heterocycles. The second-order valence-electron chi connectivity index (χ2n) is 5.00. The van der Waals surface area contributed by atoms with Crippen molar-refractivity contribution < 1.29 is 4.79 Å². The van der Waals surface area contributed by atoms with E-state index in [1.807, 2.05) is 0 Å². The van der Waals surface area contributed by atoms with E-state index in [1.54, 1.807) is 24.3 Å². The lowest BCUT2D eigenvalue weighted by Gasteiger charge is -2.31.